The lowest BCUT2D eigenvalue weighted by atomic mass is 9.94. The molecule has 0 aromatic heterocycles. The van der Waals surface area contributed by atoms with Gasteiger partial charge in [0.05, 0.1) is 0 Å². The lowest BCUT2D eigenvalue weighted by Gasteiger charge is -2.10. The van der Waals surface area contributed by atoms with Gasteiger partial charge in [-0.1, -0.05) is 6.08 Å². The van der Waals surface area contributed by atoms with Gasteiger partial charge in [-0.3, -0.25) is 4.79 Å². The van der Waals surface area contributed by atoms with E-state index in [4.69, 9.17) is 0 Å². The molecule has 2 rings (SSSR count). The van der Waals surface area contributed by atoms with Gasteiger partial charge in [0.25, 0.3) is 0 Å². The highest BCUT2D eigenvalue weighted by Gasteiger charge is 2.41. The summed E-state index contributed by atoms with van der Waals surface area (Å²) in [6.45, 7) is 1.98. The number of carbonyl (C=O) groups excluding carboxylic acids is 1. The van der Waals surface area contributed by atoms with Gasteiger partial charge in [-0.2, -0.15) is 0 Å². The first-order valence-corrected chi connectivity index (χ1v) is 4.03. The van der Waals surface area contributed by atoms with Gasteiger partial charge < -0.3 is 0 Å². The first kappa shape index (κ1) is 6.14. The molecule has 2 atom stereocenters. The fourth-order valence-electron chi connectivity index (χ4n) is 2.32. The topological polar surface area (TPSA) is 17.1 Å². The maximum absolute atomic E-state index is 11.3. The average Bonchev–Trinajstić information content (AvgIpc) is 2.46. The number of Topliss-reactive ketones (excluding diaryl/α,β-unsaturated/α-hetero) is 1. The smallest absolute Gasteiger partial charge is 0.161 e. The van der Waals surface area contributed by atoms with Crippen LogP contribution in [0, 0.1) is 11.8 Å². The summed E-state index contributed by atoms with van der Waals surface area (Å²) < 4.78 is 0. The zero-order valence-corrected chi connectivity index (χ0v) is 6.26. The standard InChI is InChI=1S/C9H12O/c1-2-8-6-3-4-7(5-6)9(8)10/h2,6-7H,3-5H2,1H3. The minimum absolute atomic E-state index is 0.413. The number of ketones is 1. The van der Waals surface area contributed by atoms with Crippen LogP contribution in [0.3, 0.4) is 0 Å². The summed E-state index contributed by atoms with van der Waals surface area (Å²) in [5.41, 5.74) is 1.12. The highest BCUT2D eigenvalue weighted by Crippen LogP contribution is 2.45. The van der Waals surface area contributed by atoms with Crippen LogP contribution in [0.4, 0.5) is 0 Å². The van der Waals surface area contributed by atoms with E-state index in [1.54, 1.807) is 0 Å². The lowest BCUT2D eigenvalue weighted by Crippen LogP contribution is -2.11. The maximum atomic E-state index is 11.3. The Hall–Kier alpha value is -0.590. The normalized spacial score (nSPS) is 41.7. The predicted octanol–water partition coefficient (Wildman–Crippen LogP) is 1.93. The second-order valence-electron chi connectivity index (χ2n) is 3.32. The Morgan fingerprint density at radius 1 is 1.40 bits per heavy atom. The van der Waals surface area contributed by atoms with Crippen molar-refractivity contribution in [1.82, 2.24) is 0 Å². The Morgan fingerprint density at radius 3 is 2.50 bits per heavy atom. The molecule has 2 unspecified atom stereocenters. The molecule has 2 saturated carbocycles. The molecule has 1 heteroatoms. The summed E-state index contributed by atoms with van der Waals surface area (Å²) in [6, 6.07) is 0. The molecule has 0 aromatic rings. The molecule has 2 aliphatic carbocycles. The first-order chi connectivity index (χ1) is 4.83. The molecule has 0 N–H and O–H groups in total. The van der Waals surface area contributed by atoms with Crippen molar-refractivity contribution in [2.24, 2.45) is 11.8 Å². The second kappa shape index (κ2) is 1.94. The van der Waals surface area contributed by atoms with E-state index in [0.717, 1.165) is 18.4 Å². The van der Waals surface area contributed by atoms with Crippen molar-refractivity contribution in [2.45, 2.75) is 26.2 Å². The summed E-state index contributed by atoms with van der Waals surface area (Å²) in [5, 5.41) is 0. The fourth-order valence-corrected chi connectivity index (χ4v) is 2.32. The van der Waals surface area contributed by atoms with Crippen LogP contribution in [0.5, 0.6) is 0 Å². The van der Waals surface area contributed by atoms with E-state index in [2.05, 4.69) is 0 Å². The Bertz CT molecular complexity index is 203. The SMILES string of the molecule is CC=C1C(=O)C2CCC1C2. The van der Waals surface area contributed by atoms with E-state index in [1.165, 1.54) is 6.42 Å². The molecule has 0 radical (unpaired) electrons. The van der Waals surface area contributed by atoms with E-state index in [9.17, 15) is 4.79 Å². The van der Waals surface area contributed by atoms with Crippen molar-refractivity contribution in [3.8, 4) is 0 Å². The molecule has 0 saturated heterocycles. The first-order valence-electron chi connectivity index (χ1n) is 4.03. The fraction of sp³-hybridized carbons (Fsp3) is 0.667. The molecule has 0 amide bonds. The van der Waals surface area contributed by atoms with Gasteiger partial charge in [-0.25, -0.2) is 0 Å². The molecule has 0 aliphatic heterocycles. The molecule has 0 aromatic carbocycles. The average molecular weight is 136 g/mol. The third-order valence-electron chi connectivity index (χ3n) is 2.84. The van der Waals surface area contributed by atoms with Gasteiger partial charge in [0.2, 0.25) is 0 Å². The maximum Gasteiger partial charge on any atom is 0.161 e. The molecular formula is C9H12O. The number of fused-ring (bicyclic) bond motifs is 2. The van der Waals surface area contributed by atoms with Crippen LogP contribution in [0.2, 0.25) is 0 Å². The Morgan fingerprint density at radius 2 is 2.10 bits per heavy atom. The van der Waals surface area contributed by atoms with Gasteiger partial charge in [-0.05, 0) is 37.7 Å². The number of hydrogen-bond donors (Lipinski definition) is 0. The molecule has 10 heavy (non-hydrogen) atoms. The van der Waals surface area contributed by atoms with Crippen LogP contribution < -0.4 is 0 Å². The predicted molar refractivity (Wildman–Crippen MR) is 39.6 cm³/mol. The van der Waals surface area contributed by atoms with Crippen LogP contribution in [0.1, 0.15) is 26.2 Å². The van der Waals surface area contributed by atoms with E-state index >= 15 is 0 Å². The van der Waals surface area contributed by atoms with Crippen molar-refractivity contribution in [3.05, 3.63) is 11.6 Å². The van der Waals surface area contributed by atoms with Gasteiger partial charge in [-0.15, -0.1) is 0 Å². The van der Waals surface area contributed by atoms with Gasteiger partial charge >= 0.3 is 0 Å². The van der Waals surface area contributed by atoms with Crippen LogP contribution in [0.25, 0.3) is 0 Å². The number of allylic oxidation sites excluding steroid dienone is 2. The molecule has 0 heterocycles. The van der Waals surface area contributed by atoms with Gasteiger partial charge in [0.15, 0.2) is 5.78 Å². The molecule has 1 nitrogen and oxygen atoms in total. The van der Waals surface area contributed by atoms with Gasteiger partial charge in [0.1, 0.15) is 0 Å². The van der Waals surface area contributed by atoms with Gasteiger partial charge in [0, 0.05) is 5.92 Å². The van der Waals surface area contributed by atoms with Crippen LogP contribution in [-0.2, 0) is 4.79 Å². The largest absolute Gasteiger partial charge is 0.294 e. The van der Waals surface area contributed by atoms with E-state index < -0.39 is 0 Å². The minimum atomic E-state index is 0.413. The monoisotopic (exact) mass is 136 g/mol. The number of hydrogen-bond acceptors (Lipinski definition) is 1. The van der Waals surface area contributed by atoms with E-state index in [-0.39, 0.29) is 0 Å². The van der Waals surface area contributed by atoms with Crippen molar-refractivity contribution >= 4 is 5.78 Å². The summed E-state index contributed by atoms with van der Waals surface area (Å²) in [6.07, 6.45) is 5.57. The van der Waals surface area contributed by atoms with Crippen molar-refractivity contribution in [2.75, 3.05) is 0 Å². The zero-order valence-electron chi connectivity index (χ0n) is 6.26. The number of rotatable bonds is 0. The van der Waals surface area contributed by atoms with E-state index in [1.807, 2.05) is 13.0 Å². The Kier molecular flexibility index (Phi) is 1.19. The summed E-state index contributed by atoms with van der Waals surface area (Å²) in [5.74, 6) is 1.50. The highest BCUT2D eigenvalue weighted by atomic mass is 16.1. The Balaban J connectivity index is 2.33. The summed E-state index contributed by atoms with van der Waals surface area (Å²) >= 11 is 0. The third-order valence-corrected chi connectivity index (χ3v) is 2.84. The molecule has 2 aliphatic rings. The van der Waals surface area contributed by atoms with Crippen molar-refractivity contribution in [3.63, 3.8) is 0 Å². The summed E-state index contributed by atoms with van der Waals surface area (Å²) in [4.78, 5) is 11.3. The quantitative estimate of drug-likeness (QED) is 0.465. The minimum Gasteiger partial charge on any atom is -0.294 e. The Labute approximate surface area is 61.1 Å². The van der Waals surface area contributed by atoms with Crippen LogP contribution in [-0.4, -0.2) is 5.78 Å². The molecular weight excluding hydrogens is 124 g/mol. The van der Waals surface area contributed by atoms with Crippen molar-refractivity contribution < 1.29 is 4.79 Å². The lowest BCUT2D eigenvalue weighted by molar-refractivity contribution is -0.118. The summed E-state index contributed by atoms with van der Waals surface area (Å²) in [7, 11) is 0. The molecule has 0 spiro atoms. The zero-order chi connectivity index (χ0) is 7.14. The highest BCUT2D eigenvalue weighted by molar-refractivity contribution is 6.00. The molecule has 2 fully saturated rings. The second-order valence-corrected chi connectivity index (χ2v) is 3.32. The van der Waals surface area contributed by atoms with Crippen molar-refractivity contribution in [1.29, 1.82) is 0 Å². The van der Waals surface area contributed by atoms with E-state index in [0.29, 0.717) is 17.6 Å². The number of carbonyl (C=O) groups is 1. The molecule has 2 bridgehead atoms. The van der Waals surface area contributed by atoms with Crippen LogP contribution >= 0.6 is 0 Å². The third kappa shape index (κ3) is 0.606. The van der Waals surface area contributed by atoms with Crippen LogP contribution in [0.15, 0.2) is 11.6 Å². The molecule has 54 valence electrons.